The molecule has 0 aromatic carbocycles. The van der Waals surface area contributed by atoms with Gasteiger partial charge in [0.1, 0.15) is 6.29 Å². The highest BCUT2D eigenvalue weighted by molar-refractivity contribution is 8.22. The van der Waals surface area contributed by atoms with Gasteiger partial charge in [0, 0.05) is 9.81 Å². The van der Waals surface area contributed by atoms with Gasteiger partial charge in [-0.2, -0.15) is 0 Å². The minimum atomic E-state index is 0.979. The molecule has 0 aliphatic carbocycles. The fourth-order valence-corrected chi connectivity index (χ4v) is 4.03. The SMILES string of the molecule is CCCCCC(C=O)=C1SCCCS1. The fourth-order valence-electron chi connectivity index (χ4n) is 1.39. The summed E-state index contributed by atoms with van der Waals surface area (Å²) in [6, 6.07) is 0. The molecular formula is C11H18OS2. The second-order valence-corrected chi connectivity index (χ2v) is 5.91. The molecule has 0 aromatic rings. The number of carbonyl (C=O) groups excluding carboxylic acids is 1. The first-order valence-corrected chi connectivity index (χ1v) is 7.29. The van der Waals surface area contributed by atoms with Gasteiger partial charge in [-0.15, -0.1) is 23.5 Å². The number of rotatable bonds is 5. The minimum Gasteiger partial charge on any atom is -0.298 e. The van der Waals surface area contributed by atoms with Gasteiger partial charge in [-0.3, -0.25) is 4.79 Å². The number of aldehydes is 1. The Morgan fingerprint density at radius 2 is 2.07 bits per heavy atom. The van der Waals surface area contributed by atoms with E-state index in [2.05, 4.69) is 6.92 Å². The predicted molar refractivity (Wildman–Crippen MR) is 66.8 cm³/mol. The Morgan fingerprint density at radius 1 is 1.36 bits per heavy atom. The van der Waals surface area contributed by atoms with Crippen molar-refractivity contribution in [2.75, 3.05) is 11.5 Å². The molecule has 1 rings (SSSR count). The predicted octanol–water partition coefficient (Wildman–Crippen LogP) is 3.85. The third kappa shape index (κ3) is 4.09. The normalized spacial score (nSPS) is 16.8. The van der Waals surface area contributed by atoms with Gasteiger partial charge in [-0.05, 0) is 30.8 Å². The van der Waals surface area contributed by atoms with E-state index in [4.69, 9.17) is 0 Å². The van der Waals surface area contributed by atoms with Crippen LogP contribution in [0.4, 0.5) is 0 Å². The molecule has 14 heavy (non-hydrogen) atoms. The molecule has 1 heterocycles. The van der Waals surface area contributed by atoms with Gasteiger partial charge in [0.05, 0.1) is 0 Å². The molecule has 1 saturated heterocycles. The smallest absolute Gasteiger partial charge is 0.147 e. The van der Waals surface area contributed by atoms with E-state index in [9.17, 15) is 4.79 Å². The average molecular weight is 230 g/mol. The van der Waals surface area contributed by atoms with E-state index >= 15 is 0 Å². The Hall–Kier alpha value is 0.110. The molecule has 1 nitrogen and oxygen atoms in total. The molecule has 1 aliphatic rings. The van der Waals surface area contributed by atoms with Crippen LogP contribution in [0.1, 0.15) is 39.0 Å². The summed E-state index contributed by atoms with van der Waals surface area (Å²) in [4.78, 5) is 10.9. The van der Waals surface area contributed by atoms with Gasteiger partial charge in [-0.1, -0.05) is 19.8 Å². The van der Waals surface area contributed by atoms with Crippen LogP contribution < -0.4 is 0 Å². The maximum Gasteiger partial charge on any atom is 0.147 e. The molecule has 3 heteroatoms. The van der Waals surface area contributed by atoms with Crippen molar-refractivity contribution in [3.05, 3.63) is 9.81 Å². The lowest BCUT2D eigenvalue weighted by molar-refractivity contribution is -0.105. The van der Waals surface area contributed by atoms with Crippen LogP contribution in [0, 0.1) is 0 Å². The van der Waals surface area contributed by atoms with Crippen LogP contribution >= 0.6 is 23.5 Å². The molecule has 0 N–H and O–H groups in total. The summed E-state index contributed by atoms with van der Waals surface area (Å²) < 4.78 is 1.29. The summed E-state index contributed by atoms with van der Waals surface area (Å²) in [5.41, 5.74) is 1.05. The third-order valence-corrected chi connectivity index (χ3v) is 4.95. The molecule has 1 fully saturated rings. The molecule has 0 unspecified atom stereocenters. The number of allylic oxidation sites excluding steroid dienone is 1. The van der Waals surface area contributed by atoms with Gasteiger partial charge in [0.15, 0.2) is 0 Å². The van der Waals surface area contributed by atoms with Crippen LogP contribution in [0.15, 0.2) is 9.81 Å². The summed E-state index contributed by atoms with van der Waals surface area (Å²) in [7, 11) is 0. The Kier molecular flexibility index (Phi) is 6.45. The third-order valence-electron chi connectivity index (χ3n) is 2.21. The van der Waals surface area contributed by atoms with E-state index in [0.29, 0.717) is 0 Å². The van der Waals surface area contributed by atoms with E-state index in [1.54, 1.807) is 0 Å². The Balaban J connectivity index is 2.44. The summed E-state index contributed by atoms with van der Waals surface area (Å²) in [6.07, 6.45) is 6.94. The number of thioether (sulfide) groups is 2. The lowest BCUT2D eigenvalue weighted by Gasteiger charge is -2.15. The molecule has 0 aromatic heterocycles. The van der Waals surface area contributed by atoms with Crippen LogP contribution in [-0.2, 0) is 4.79 Å². The van der Waals surface area contributed by atoms with Crippen molar-refractivity contribution < 1.29 is 4.79 Å². The van der Waals surface area contributed by atoms with Gasteiger partial charge in [0.25, 0.3) is 0 Å². The summed E-state index contributed by atoms with van der Waals surface area (Å²) in [5, 5.41) is 0. The molecule has 0 radical (unpaired) electrons. The lowest BCUT2D eigenvalue weighted by Crippen LogP contribution is -1.97. The first-order valence-electron chi connectivity index (χ1n) is 5.32. The fraction of sp³-hybridized carbons (Fsp3) is 0.727. The highest BCUT2D eigenvalue weighted by atomic mass is 32.2. The summed E-state index contributed by atoms with van der Waals surface area (Å²) in [6.45, 7) is 2.19. The number of carbonyl (C=O) groups is 1. The first kappa shape index (κ1) is 12.2. The van der Waals surface area contributed by atoms with Crippen molar-refractivity contribution in [3.63, 3.8) is 0 Å². The Morgan fingerprint density at radius 3 is 2.64 bits per heavy atom. The molecule has 0 saturated carbocycles. The number of hydrogen-bond acceptors (Lipinski definition) is 3. The van der Waals surface area contributed by atoms with Gasteiger partial charge >= 0.3 is 0 Å². The van der Waals surface area contributed by atoms with Crippen LogP contribution in [0.3, 0.4) is 0 Å². The van der Waals surface area contributed by atoms with E-state index < -0.39 is 0 Å². The minimum absolute atomic E-state index is 0.979. The van der Waals surface area contributed by atoms with E-state index in [0.717, 1.165) is 24.7 Å². The molecule has 0 amide bonds. The molecule has 0 atom stereocenters. The van der Waals surface area contributed by atoms with Crippen molar-refractivity contribution in [3.8, 4) is 0 Å². The van der Waals surface area contributed by atoms with Crippen LogP contribution in [0.25, 0.3) is 0 Å². The first-order chi connectivity index (χ1) is 6.88. The molecule has 1 aliphatic heterocycles. The van der Waals surface area contributed by atoms with E-state index in [-0.39, 0.29) is 0 Å². The molecule has 0 spiro atoms. The van der Waals surface area contributed by atoms with Crippen LogP contribution in [0.5, 0.6) is 0 Å². The van der Waals surface area contributed by atoms with Crippen molar-refractivity contribution in [2.45, 2.75) is 39.0 Å². The quantitative estimate of drug-likeness (QED) is 0.406. The van der Waals surface area contributed by atoms with Gasteiger partial charge in [-0.25, -0.2) is 0 Å². The van der Waals surface area contributed by atoms with Crippen molar-refractivity contribution >= 4 is 29.8 Å². The Labute approximate surface area is 95.1 Å². The molecule has 80 valence electrons. The maximum absolute atomic E-state index is 10.9. The zero-order valence-electron chi connectivity index (χ0n) is 8.75. The standard InChI is InChI=1S/C11H18OS2/c1-2-3-4-6-10(9-12)11-13-7-5-8-14-11/h9H,2-8H2,1H3. The van der Waals surface area contributed by atoms with E-state index in [1.165, 1.54) is 35.0 Å². The highest BCUT2D eigenvalue weighted by Crippen LogP contribution is 2.37. The molecular weight excluding hydrogens is 212 g/mol. The van der Waals surface area contributed by atoms with Crippen molar-refractivity contribution in [1.29, 1.82) is 0 Å². The summed E-state index contributed by atoms with van der Waals surface area (Å²) in [5.74, 6) is 2.38. The second kappa shape index (κ2) is 7.41. The van der Waals surface area contributed by atoms with Gasteiger partial charge in [0.2, 0.25) is 0 Å². The average Bonchev–Trinajstić information content (AvgIpc) is 2.26. The van der Waals surface area contributed by atoms with Gasteiger partial charge < -0.3 is 0 Å². The zero-order valence-corrected chi connectivity index (χ0v) is 10.4. The number of unbranched alkanes of at least 4 members (excludes halogenated alkanes) is 2. The maximum atomic E-state index is 10.9. The topological polar surface area (TPSA) is 17.1 Å². The lowest BCUT2D eigenvalue weighted by atomic mass is 10.1. The number of hydrogen-bond donors (Lipinski definition) is 0. The monoisotopic (exact) mass is 230 g/mol. The van der Waals surface area contributed by atoms with Crippen molar-refractivity contribution in [2.24, 2.45) is 0 Å². The van der Waals surface area contributed by atoms with E-state index in [1.807, 2.05) is 23.5 Å². The highest BCUT2D eigenvalue weighted by Gasteiger charge is 2.11. The second-order valence-electron chi connectivity index (χ2n) is 3.44. The summed E-state index contributed by atoms with van der Waals surface area (Å²) >= 11 is 3.73. The molecule has 0 bridgehead atoms. The van der Waals surface area contributed by atoms with Crippen LogP contribution in [0.2, 0.25) is 0 Å². The Bertz CT molecular complexity index is 203. The largest absolute Gasteiger partial charge is 0.298 e. The van der Waals surface area contributed by atoms with Crippen molar-refractivity contribution in [1.82, 2.24) is 0 Å². The zero-order chi connectivity index (χ0) is 10.2. The van der Waals surface area contributed by atoms with Crippen LogP contribution in [-0.4, -0.2) is 17.8 Å².